The van der Waals surface area contributed by atoms with Crippen LogP contribution >= 0.6 is 15.9 Å². The number of rotatable bonds is 3. The number of carbonyl (C=O) groups excluding carboxylic acids is 1. The summed E-state index contributed by atoms with van der Waals surface area (Å²) in [6.45, 7) is 0. The van der Waals surface area contributed by atoms with Gasteiger partial charge in [-0.3, -0.25) is 0 Å². The fraction of sp³-hybridized carbons (Fsp3) is 0.0625. The summed E-state index contributed by atoms with van der Waals surface area (Å²) >= 11 is 3.40. The van der Waals surface area contributed by atoms with E-state index in [2.05, 4.69) is 26.2 Å². The van der Waals surface area contributed by atoms with E-state index in [4.69, 9.17) is 4.74 Å². The number of halogens is 1. The van der Waals surface area contributed by atoms with Crippen molar-refractivity contribution < 1.29 is 9.53 Å². The molecule has 0 fully saturated rings. The molecule has 4 nitrogen and oxygen atoms in total. The van der Waals surface area contributed by atoms with E-state index in [9.17, 15) is 4.79 Å². The SMILES string of the molecule is COC(=O)c1c(Nc2ccc(Br)cc2)[nH]c2ccccc12. The normalized spacial score (nSPS) is 10.6. The van der Waals surface area contributed by atoms with Crippen LogP contribution in [0.15, 0.2) is 53.0 Å². The summed E-state index contributed by atoms with van der Waals surface area (Å²) < 4.78 is 5.89. The number of anilines is 2. The summed E-state index contributed by atoms with van der Waals surface area (Å²) in [5, 5.41) is 4.06. The van der Waals surface area contributed by atoms with Crippen molar-refractivity contribution in [2.24, 2.45) is 0 Å². The third-order valence-electron chi connectivity index (χ3n) is 3.21. The molecule has 0 unspecified atom stereocenters. The lowest BCUT2D eigenvalue weighted by Gasteiger charge is -2.07. The minimum atomic E-state index is -0.368. The number of nitrogens with one attached hydrogen (secondary N) is 2. The molecule has 0 saturated carbocycles. The van der Waals surface area contributed by atoms with Gasteiger partial charge in [0.1, 0.15) is 11.4 Å². The van der Waals surface area contributed by atoms with Gasteiger partial charge in [0.05, 0.1) is 7.11 Å². The average Bonchev–Trinajstić information content (AvgIpc) is 2.86. The number of esters is 1. The van der Waals surface area contributed by atoms with Gasteiger partial charge in [0.25, 0.3) is 0 Å². The Labute approximate surface area is 130 Å². The van der Waals surface area contributed by atoms with E-state index in [-0.39, 0.29) is 5.97 Å². The van der Waals surface area contributed by atoms with E-state index in [1.165, 1.54) is 7.11 Å². The second-order valence-electron chi connectivity index (χ2n) is 4.54. The maximum atomic E-state index is 12.1. The van der Waals surface area contributed by atoms with Gasteiger partial charge in [0.15, 0.2) is 0 Å². The van der Waals surface area contributed by atoms with Crippen molar-refractivity contribution in [3.63, 3.8) is 0 Å². The molecule has 106 valence electrons. The molecule has 0 aliphatic heterocycles. The van der Waals surface area contributed by atoms with E-state index >= 15 is 0 Å². The average molecular weight is 345 g/mol. The third-order valence-corrected chi connectivity index (χ3v) is 3.74. The van der Waals surface area contributed by atoms with Crippen molar-refractivity contribution in [1.29, 1.82) is 0 Å². The molecule has 0 amide bonds. The van der Waals surface area contributed by atoms with Gasteiger partial charge in [-0.05, 0) is 30.3 Å². The summed E-state index contributed by atoms with van der Waals surface area (Å²) in [7, 11) is 1.38. The molecule has 0 spiro atoms. The molecule has 3 rings (SSSR count). The fourth-order valence-electron chi connectivity index (χ4n) is 2.23. The van der Waals surface area contributed by atoms with Crippen LogP contribution in [0.2, 0.25) is 0 Å². The maximum Gasteiger partial charge on any atom is 0.342 e. The zero-order chi connectivity index (χ0) is 14.8. The molecule has 0 atom stereocenters. The Morgan fingerprint density at radius 3 is 2.57 bits per heavy atom. The van der Waals surface area contributed by atoms with Gasteiger partial charge in [0.2, 0.25) is 0 Å². The summed E-state index contributed by atoms with van der Waals surface area (Å²) in [5.74, 6) is 0.262. The number of carbonyl (C=O) groups is 1. The van der Waals surface area contributed by atoms with Crippen LogP contribution in [0.25, 0.3) is 10.9 Å². The van der Waals surface area contributed by atoms with Crippen LogP contribution in [0, 0.1) is 0 Å². The first-order chi connectivity index (χ1) is 10.2. The van der Waals surface area contributed by atoms with Crippen molar-refractivity contribution in [1.82, 2.24) is 4.98 Å². The first-order valence-electron chi connectivity index (χ1n) is 6.40. The van der Waals surface area contributed by atoms with Crippen molar-refractivity contribution in [3.8, 4) is 0 Å². The second-order valence-corrected chi connectivity index (χ2v) is 5.46. The highest BCUT2D eigenvalue weighted by atomic mass is 79.9. The Morgan fingerprint density at radius 2 is 1.86 bits per heavy atom. The Hall–Kier alpha value is -2.27. The van der Waals surface area contributed by atoms with Gasteiger partial charge < -0.3 is 15.0 Å². The van der Waals surface area contributed by atoms with Crippen LogP contribution in [0.3, 0.4) is 0 Å². The van der Waals surface area contributed by atoms with Crippen molar-refractivity contribution in [3.05, 3.63) is 58.6 Å². The zero-order valence-electron chi connectivity index (χ0n) is 11.3. The molecule has 0 radical (unpaired) electrons. The van der Waals surface area contributed by atoms with Crippen molar-refractivity contribution in [2.75, 3.05) is 12.4 Å². The molecular weight excluding hydrogens is 332 g/mol. The Kier molecular flexibility index (Phi) is 3.66. The molecule has 0 aliphatic rings. The molecule has 0 saturated heterocycles. The Morgan fingerprint density at radius 1 is 1.14 bits per heavy atom. The number of methoxy groups -OCH3 is 1. The molecule has 2 aromatic carbocycles. The van der Waals surface area contributed by atoms with Crippen LogP contribution in [-0.4, -0.2) is 18.1 Å². The molecule has 1 aromatic heterocycles. The number of ether oxygens (including phenoxy) is 1. The minimum Gasteiger partial charge on any atom is -0.465 e. The smallest absolute Gasteiger partial charge is 0.342 e. The van der Waals surface area contributed by atoms with Gasteiger partial charge in [-0.25, -0.2) is 4.79 Å². The number of benzene rings is 2. The lowest BCUT2D eigenvalue weighted by atomic mass is 10.1. The molecule has 3 aromatic rings. The molecule has 1 heterocycles. The maximum absolute atomic E-state index is 12.1. The molecule has 0 aliphatic carbocycles. The van der Waals surface area contributed by atoms with Crippen LogP contribution in [-0.2, 0) is 4.74 Å². The number of H-pyrrole nitrogens is 1. The van der Waals surface area contributed by atoms with Crippen LogP contribution in [0.1, 0.15) is 10.4 Å². The van der Waals surface area contributed by atoms with E-state index in [1.807, 2.05) is 48.5 Å². The van der Waals surface area contributed by atoms with Crippen LogP contribution in [0.5, 0.6) is 0 Å². The Bertz CT molecular complexity index is 794. The van der Waals surface area contributed by atoms with Crippen LogP contribution < -0.4 is 5.32 Å². The summed E-state index contributed by atoms with van der Waals surface area (Å²) in [5.41, 5.74) is 2.28. The lowest BCUT2D eigenvalue weighted by molar-refractivity contribution is 0.0604. The van der Waals surface area contributed by atoms with E-state index in [1.54, 1.807) is 0 Å². The third kappa shape index (κ3) is 2.64. The first-order valence-corrected chi connectivity index (χ1v) is 7.20. The van der Waals surface area contributed by atoms with Gasteiger partial charge in [-0.1, -0.05) is 34.1 Å². The highest BCUT2D eigenvalue weighted by molar-refractivity contribution is 9.10. The number of fused-ring (bicyclic) bond motifs is 1. The molecule has 5 heteroatoms. The number of para-hydroxylation sites is 1. The standard InChI is InChI=1S/C16H13BrN2O2/c1-21-16(20)14-12-4-2-3-5-13(12)19-15(14)18-11-8-6-10(17)7-9-11/h2-9,18-19H,1H3. The molecular formula is C16H13BrN2O2. The Balaban J connectivity index is 2.08. The second kappa shape index (κ2) is 5.61. The number of hydrogen-bond donors (Lipinski definition) is 2. The summed E-state index contributed by atoms with van der Waals surface area (Å²) in [6, 6.07) is 15.4. The molecule has 21 heavy (non-hydrogen) atoms. The largest absolute Gasteiger partial charge is 0.465 e. The molecule has 0 bridgehead atoms. The van der Waals surface area contributed by atoms with E-state index in [0.29, 0.717) is 11.4 Å². The predicted molar refractivity (Wildman–Crippen MR) is 87.1 cm³/mol. The zero-order valence-corrected chi connectivity index (χ0v) is 12.9. The van der Waals surface area contributed by atoms with Gasteiger partial charge in [-0.2, -0.15) is 0 Å². The minimum absolute atomic E-state index is 0.368. The van der Waals surface area contributed by atoms with Gasteiger partial charge in [0, 0.05) is 21.1 Å². The topological polar surface area (TPSA) is 54.1 Å². The quantitative estimate of drug-likeness (QED) is 0.689. The summed E-state index contributed by atoms with van der Waals surface area (Å²) in [4.78, 5) is 15.3. The first kappa shape index (κ1) is 13.7. The number of aromatic amines is 1. The van der Waals surface area contributed by atoms with Gasteiger partial charge >= 0.3 is 5.97 Å². The lowest BCUT2D eigenvalue weighted by Crippen LogP contribution is -2.04. The predicted octanol–water partition coefficient (Wildman–Crippen LogP) is 4.46. The monoisotopic (exact) mass is 344 g/mol. The molecule has 2 N–H and O–H groups in total. The van der Waals surface area contributed by atoms with Crippen molar-refractivity contribution >= 4 is 44.3 Å². The number of aromatic nitrogens is 1. The van der Waals surface area contributed by atoms with Crippen molar-refractivity contribution in [2.45, 2.75) is 0 Å². The summed E-state index contributed by atoms with van der Waals surface area (Å²) in [6.07, 6.45) is 0. The highest BCUT2D eigenvalue weighted by Gasteiger charge is 2.18. The van der Waals surface area contributed by atoms with Gasteiger partial charge in [-0.15, -0.1) is 0 Å². The fourth-order valence-corrected chi connectivity index (χ4v) is 2.49. The van der Waals surface area contributed by atoms with E-state index < -0.39 is 0 Å². The van der Waals surface area contributed by atoms with Crippen LogP contribution in [0.4, 0.5) is 11.5 Å². The highest BCUT2D eigenvalue weighted by Crippen LogP contribution is 2.29. The van der Waals surface area contributed by atoms with E-state index in [0.717, 1.165) is 21.1 Å². The number of hydrogen-bond acceptors (Lipinski definition) is 3.